The van der Waals surface area contributed by atoms with E-state index in [-0.39, 0.29) is 12.6 Å². The van der Waals surface area contributed by atoms with Crippen LogP contribution in [0.4, 0.5) is 0 Å². The minimum Gasteiger partial charge on any atom is -0.463 e. The van der Waals surface area contributed by atoms with Crippen molar-refractivity contribution >= 4 is 23.9 Å². The summed E-state index contributed by atoms with van der Waals surface area (Å²) in [4.78, 5) is 49.7. The van der Waals surface area contributed by atoms with Crippen LogP contribution in [0.15, 0.2) is 24.5 Å². The van der Waals surface area contributed by atoms with Crippen molar-refractivity contribution in [3.63, 3.8) is 0 Å². The zero-order valence-electron chi connectivity index (χ0n) is 20.7. The Labute approximate surface area is 204 Å². The molecule has 0 aliphatic carbocycles. The Morgan fingerprint density at radius 3 is 2.17 bits per heavy atom. The highest BCUT2D eigenvalue weighted by Crippen LogP contribution is 2.33. The van der Waals surface area contributed by atoms with Gasteiger partial charge in [0, 0.05) is 45.4 Å². The van der Waals surface area contributed by atoms with E-state index in [1.54, 1.807) is 10.8 Å². The summed E-state index contributed by atoms with van der Waals surface area (Å²) in [5.74, 6) is -2.52. The van der Waals surface area contributed by atoms with E-state index in [0.717, 1.165) is 24.9 Å². The van der Waals surface area contributed by atoms with Crippen molar-refractivity contribution in [2.45, 2.75) is 77.2 Å². The molecule has 0 bridgehead atoms. The fourth-order valence-electron chi connectivity index (χ4n) is 4.64. The first-order chi connectivity index (χ1) is 16.6. The summed E-state index contributed by atoms with van der Waals surface area (Å²) in [6.45, 7) is 5.57. The molecule has 11 nitrogen and oxygen atoms in total. The number of nitrogens with zero attached hydrogens (tertiary/aromatic N) is 2. The number of hydrogen-bond donors (Lipinski definition) is 0. The van der Waals surface area contributed by atoms with Gasteiger partial charge in [-0.05, 0) is 32.5 Å². The second kappa shape index (κ2) is 11.6. The van der Waals surface area contributed by atoms with Crippen molar-refractivity contribution in [3.8, 4) is 0 Å². The van der Waals surface area contributed by atoms with Crippen molar-refractivity contribution in [3.05, 3.63) is 30.1 Å². The smallest absolute Gasteiger partial charge is 0.304 e. The van der Waals surface area contributed by atoms with E-state index >= 15 is 0 Å². The molecular formula is C24H33N2O9+. The molecular weight excluding hydrogens is 460 g/mol. The van der Waals surface area contributed by atoms with Crippen LogP contribution in [0.2, 0.25) is 0 Å². The van der Waals surface area contributed by atoms with Gasteiger partial charge in [0.05, 0.1) is 0 Å². The molecule has 0 radical (unpaired) electrons. The number of likely N-dealkylation sites (tertiary alicyclic amines) is 1. The van der Waals surface area contributed by atoms with Crippen LogP contribution < -0.4 is 4.57 Å². The van der Waals surface area contributed by atoms with E-state index in [4.69, 9.17) is 23.7 Å². The Hall–Kier alpha value is -3.05. The van der Waals surface area contributed by atoms with Crippen LogP contribution in [-0.2, 0) is 42.9 Å². The van der Waals surface area contributed by atoms with Gasteiger partial charge in [-0.25, -0.2) is 0 Å². The van der Waals surface area contributed by atoms with Crippen LogP contribution in [0.25, 0.3) is 0 Å². The van der Waals surface area contributed by atoms with E-state index in [1.807, 2.05) is 18.3 Å². The summed E-state index contributed by atoms with van der Waals surface area (Å²) in [5, 5.41) is 0. The maximum absolute atomic E-state index is 12.1. The van der Waals surface area contributed by atoms with E-state index < -0.39 is 54.5 Å². The first-order valence-electron chi connectivity index (χ1n) is 11.6. The van der Waals surface area contributed by atoms with Crippen molar-refractivity contribution in [2.75, 3.05) is 20.2 Å². The molecule has 2 aliphatic heterocycles. The summed E-state index contributed by atoms with van der Waals surface area (Å²) >= 11 is 0. The Balaban J connectivity index is 2.04. The third-order valence-electron chi connectivity index (χ3n) is 6.01. The molecule has 0 unspecified atom stereocenters. The van der Waals surface area contributed by atoms with Crippen LogP contribution in [0.1, 0.15) is 58.4 Å². The lowest BCUT2D eigenvalue weighted by Gasteiger charge is -2.41. The summed E-state index contributed by atoms with van der Waals surface area (Å²) in [6, 6.07) is 4.08. The van der Waals surface area contributed by atoms with E-state index in [9.17, 15) is 19.2 Å². The van der Waals surface area contributed by atoms with Gasteiger partial charge in [0.2, 0.25) is 6.10 Å². The van der Waals surface area contributed by atoms with E-state index in [1.165, 1.54) is 27.7 Å². The largest absolute Gasteiger partial charge is 0.463 e. The number of pyridine rings is 1. The number of aromatic nitrogens is 1. The SMILES string of the molecule is CC(=O)OC[C@H]1O[C@@H]([n+]2cccc([C@H]3CCCN3C)c2)[C@H](OC(C)=O)[C@@H](OC(C)=O)[C@@H]1OC(C)=O. The number of rotatable bonds is 7. The zero-order chi connectivity index (χ0) is 25.7. The Bertz CT molecular complexity index is 953. The van der Waals surface area contributed by atoms with Gasteiger partial charge in [-0.15, -0.1) is 0 Å². The lowest BCUT2D eigenvalue weighted by atomic mass is 9.96. The summed E-state index contributed by atoms with van der Waals surface area (Å²) in [6.07, 6.45) is 0.250. The second-order valence-electron chi connectivity index (χ2n) is 8.81. The third-order valence-corrected chi connectivity index (χ3v) is 6.01. The summed E-state index contributed by atoms with van der Waals surface area (Å²) < 4.78 is 29.6. The first-order valence-corrected chi connectivity index (χ1v) is 11.6. The topological polar surface area (TPSA) is 122 Å². The van der Waals surface area contributed by atoms with Crippen LogP contribution in [0, 0.1) is 0 Å². The predicted molar refractivity (Wildman–Crippen MR) is 118 cm³/mol. The molecule has 0 aromatic carbocycles. The van der Waals surface area contributed by atoms with Crippen LogP contribution in [0.5, 0.6) is 0 Å². The fraction of sp³-hybridized carbons (Fsp3) is 0.625. The van der Waals surface area contributed by atoms with Crippen LogP contribution in [-0.4, -0.2) is 73.4 Å². The van der Waals surface area contributed by atoms with E-state index in [2.05, 4.69) is 11.9 Å². The highest BCUT2D eigenvalue weighted by Gasteiger charge is 2.56. The highest BCUT2D eigenvalue weighted by atomic mass is 16.7. The van der Waals surface area contributed by atoms with Crippen LogP contribution in [0.3, 0.4) is 0 Å². The van der Waals surface area contributed by atoms with Gasteiger partial charge in [0.15, 0.2) is 24.6 Å². The Kier molecular flexibility index (Phi) is 8.79. The molecule has 3 heterocycles. The van der Waals surface area contributed by atoms with Gasteiger partial charge in [-0.1, -0.05) is 0 Å². The quantitative estimate of drug-likeness (QED) is 0.309. The minimum atomic E-state index is -1.20. The normalized spacial score (nSPS) is 28.7. The van der Waals surface area contributed by atoms with Gasteiger partial charge in [0.25, 0.3) is 0 Å². The van der Waals surface area contributed by atoms with Gasteiger partial charge >= 0.3 is 30.1 Å². The maximum Gasteiger partial charge on any atom is 0.304 e. The molecule has 192 valence electrons. The second-order valence-corrected chi connectivity index (χ2v) is 8.81. The van der Waals surface area contributed by atoms with Gasteiger partial charge in [0.1, 0.15) is 12.7 Å². The maximum atomic E-state index is 12.1. The highest BCUT2D eigenvalue weighted by molar-refractivity contribution is 5.68. The van der Waals surface area contributed by atoms with Gasteiger partial charge in [-0.2, -0.15) is 4.57 Å². The molecule has 1 aromatic heterocycles. The summed E-state index contributed by atoms with van der Waals surface area (Å²) in [5.41, 5.74) is 1.04. The monoisotopic (exact) mass is 493 g/mol. The standard InChI is InChI=1S/C24H33N2O9/c1-14(27)31-13-20-21(32-15(2)28)22(33-16(3)29)23(34-17(4)30)24(35-20)26-11-6-8-18(12-26)19-9-7-10-25(19)5/h6,8,11-12,19-24H,7,9-10,13H2,1-5H3/q+1/t19-,20-,21-,22+,23-,24-/m1/s1. The molecule has 35 heavy (non-hydrogen) atoms. The number of hydrogen-bond acceptors (Lipinski definition) is 10. The van der Waals surface area contributed by atoms with Crippen molar-refractivity contribution in [1.29, 1.82) is 0 Å². The number of carbonyl (C=O) groups excluding carboxylic acids is 4. The van der Waals surface area contributed by atoms with Crippen molar-refractivity contribution < 1.29 is 47.4 Å². The molecule has 6 atom stereocenters. The fourth-order valence-corrected chi connectivity index (χ4v) is 4.64. The minimum absolute atomic E-state index is 0.216. The number of ether oxygens (including phenoxy) is 5. The van der Waals surface area contributed by atoms with Gasteiger partial charge in [-0.3, -0.25) is 24.1 Å². The molecule has 0 saturated carbocycles. The molecule has 2 aliphatic rings. The van der Waals surface area contributed by atoms with Crippen molar-refractivity contribution in [1.82, 2.24) is 4.90 Å². The predicted octanol–water partition coefficient (Wildman–Crippen LogP) is 0.996. The van der Waals surface area contributed by atoms with E-state index in [0.29, 0.717) is 0 Å². The molecule has 0 N–H and O–H groups in total. The lowest BCUT2D eigenvalue weighted by molar-refractivity contribution is -0.777. The molecule has 3 rings (SSSR count). The van der Waals surface area contributed by atoms with Crippen LogP contribution >= 0.6 is 0 Å². The van der Waals surface area contributed by atoms with Crippen molar-refractivity contribution in [2.24, 2.45) is 0 Å². The number of carbonyl (C=O) groups is 4. The Morgan fingerprint density at radius 2 is 1.60 bits per heavy atom. The average molecular weight is 494 g/mol. The average Bonchev–Trinajstić information content (AvgIpc) is 3.20. The Morgan fingerprint density at radius 1 is 0.971 bits per heavy atom. The lowest BCUT2D eigenvalue weighted by Crippen LogP contribution is -2.65. The molecule has 1 aromatic rings. The molecule has 0 amide bonds. The third kappa shape index (κ3) is 6.76. The molecule has 2 fully saturated rings. The van der Waals surface area contributed by atoms with Gasteiger partial charge < -0.3 is 23.7 Å². The number of esters is 4. The molecule has 2 saturated heterocycles. The first kappa shape index (κ1) is 26.6. The molecule has 0 spiro atoms. The summed E-state index contributed by atoms with van der Waals surface area (Å²) in [7, 11) is 2.06. The zero-order valence-corrected chi connectivity index (χ0v) is 20.7. The molecule has 11 heteroatoms.